The van der Waals surface area contributed by atoms with Crippen molar-refractivity contribution in [3.8, 4) is 0 Å². The Labute approximate surface area is 70.5 Å². The van der Waals surface area contributed by atoms with Gasteiger partial charge in [0.25, 0.3) is 0 Å². The first-order valence-corrected chi connectivity index (χ1v) is 5.21. The van der Waals surface area contributed by atoms with E-state index in [2.05, 4.69) is 21.0 Å². The first-order valence-electron chi connectivity index (χ1n) is 2.15. The van der Waals surface area contributed by atoms with Crippen LogP contribution >= 0.6 is 26.6 Å². The Morgan fingerprint density at radius 3 is 2.50 bits per heavy atom. The molecule has 0 aliphatic carbocycles. The summed E-state index contributed by atoms with van der Waals surface area (Å²) in [6, 6.07) is 0. The molecule has 0 N–H and O–H groups in total. The van der Waals surface area contributed by atoms with Gasteiger partial charge < -0.3 is 0 Å². The summed E-state index contributed by atoms with van der Waals surface area (Å²) in [5, 5.41) is 3.44. The van der Waals surface area contributed by atoms with Gasteiger partial charge in [0.2, 0.25) is 0 Å². The van der Waals surface area contributed by atoms with Gasteiger partial charge in [-0.1, -0.05) is 0 Å². The molecule has 56 valence electrons. The lowest BCUT2D eigenvalue weighted by molar-refractivity contribution is 0.595. The normalized spacial score (nSPS) is 11.8. The summed E-state index contributed by atoms with van der Waals surface area (Å²) >= 11 is 3.02. The molecular weight excluding hydrogens is 243 g/mol. The zero-order valence-electron chi connectivity index (χ0n) is 4.53. The molecule has 0 unspecified atom stereocenters. The van der Waals surface area contributed by atoms with Crippen LogP contribution in [-0.4, -0.2) is 17.6 Å². The minimum atomic E-state index is -3.73. The van der Waals surface area contributed by atoms with Crippen LogP contribution < -0.4 is 0 Å². The van der Waals surface area contributed by atoms with Crippen molar-refractivity contribution in [1.82, 2.24) is 9.19 Å². The number of hydrogen-bond donors (Lipinski definition) is 0. The van der Waals surface area contributed by atoms with Gasteiger partial charge in [-0.15, -0.1) is 0 Å². The molecule has 10 heavy (non-hydrogen) atoms. The molecule has 0 atom stereocenters. The highest BCUT2D eigenvalue weighted by molar-refractivity contribution is 9.10. The second-order valence-corrected chi connectivity index (χ2v) is 4.76. The summed E-state index contributed by atoms with van der Waals surface area (Å²) in [5.41, 5.74) is 0. The fourth-order valence-electron chi connectivity index (χ4n) is 0.403. The summed E-state index contributed by atoms with van der Waals surface area (Å²) in [6.07, 6.45) is 2.59. The maximum absolute atomic E-state index is 10.5. The van der Waals surface area contributed by atoms with Crippen molar-refractivity contribution in [3.05, 3.63) is 16.9 Å². The summed E-state index contributed by atoms with van der Waals surface area (Å²) in [7, 11) is 1.19. The maximum atomic E-state index is 10.5. The van der Waals surface area contributed by atoms with E-state index in [0.29, 0.717) is 8.56 Å². The molecule has 0 saturated carbocycles. The number of hydrogen-bond acceptors (Lipinski definition) is 3. The Bertz CT molecular complexity index is 332. The standard InChI is InChI=1S/C3H2BrClN2O2S/c4-3-1-6-7(2-3)10(5,8)9/h1-2H. The van der Waals surface area contributed by atoms with Gasteiger partial charge >= 0.3 is 9.24 Å². The maximum Gasteiger partial charge on any atom is 0.340 e. The van der Waals surface area contributed by atoms with Gasteiger partial charge in [-0.3, -0.25) is 0 Å². The Balaban J connectivity index is 3.21. The first-order chi connectivity index (χ1) is 4.50. The summed E-state index contributed by atoms with van der Waals surface area (Å²) in [4.78, 5) is 0. The molecule has 0 bridgehead atoms. The molecule has 0 amide bonds. The van der Waals surface area contributed by atoms with Crippen molar-refractivity contribution >= 4 is 35.8 Å². The van der Waals surface area contributed by atoms with Crippen LogP contribution in [0.3, 0.4) is 0 Å². The van der Waals surface area contributed by atoms with Crippen LogP contribution in [0.4, 0.5) is 0 Å². The Morgan fingerprint density at radius 1 is 1.70 bits per heavy atom. The monoisotopic (exact) mass is 244 g/mol. The zero-order valence-corrected chi connectivity index (χ0v) is 7.69. The number of rotatable bonds is 1. The van der Waals surface area contributed by atoms with E-state index in [1.165, 1.54) is 12.4 Å². The van der Waals surface area contributed by atoms with Crippen molar-refractivity contribution in [3.63, 3.8) is 0 Å². The Hall–Kier alpha value is -0.0700. The lowest BCUT2D eigenvalue weighted by atomic mass is 10.8. The van der Waals surface area contributed by atoms with E-state index in [1.54, 1.807) is 0 Å². The van der Waals surface area contributed by atoms with Gasteiger partial charge in [-0.25, -0.2) is 0 Å². The second kappa shape index (κ2) is 2.52. The molecule has 7 heteroatoms. The Kier molecular flexibility index (Phi) is 2.02. The second-order valence-electron chi connectivity index (χ2n) is 1.47. The van der Waals surface area contributed by atoms with E-state index in [9.17, 15) is 8.42 Å². The van der Waals surface area contributed by atoms with Gasteiger partial charge in [0.1, 0.15) is 0 Å². The third kappa shape index (κ3) is 1.71. The lowest BCUT2D eigenvalue weighted by Gasteiger charge is -1.89. The summed E-state index contributed by atoms with van der Waals surface area (Å²) in [6.45, 7) is 0. The van der Waals surface area contributed by atoms with Gasteiger partial charge in [-0.2, -0.15) is 17.6 Å². The molecule has 0 radical (unpaired) electrons. The molecule has 1 rings (SSSR count). The number of aromatic nitrogens is 2. The van der Waals surface area contributed by atoms with Crippen LogP contribution in [0, 0.1) is 0 Å². The highest BCUT2D eigenvalue weighted by atomic mass is 79.9. The van der Waals surface area contributed by atoms with Gasteiger partial charge in [-0.05, 0) is 15.9 Å². The molecular formula is C3H2BrClN2O2S. The first kappa shape index (κ1) is 8.03. The van der Waals surface area contributed by atoms with E-state index in [0.717, 1.165) is 0 Å². The lowest BCUT2D eigenvalue weighted by Crippen LogP contribution is -2.04. The fraction of sp³-hybridized carbons (Fsp3) is 0. The quantitative estimate of drug-likeness (QED) is 0.693. The highest BCUT2D eigenvalue weighted by Crippen LogP contribution is 2.09. The van der Waals surface area contributed by atoms with Crippen LogP contribution in [-0.2, 0) is 9.24 Å². The smallest absolute Gasteiger partial charge is 0.187 e. The van der Waals surface area contributed by atoms with E-state index >= 15 is 0 Å². The van der Waals surface area contributed by atoms with Crippen LogP contribution in [0.1, 0.15) is 0 Å². The predicted octanol–water partition coefficient (Wildman–Crippen LogP) is 0.977. The van der Waals surface area contributed by atoms with E-state index in [4.69, 9.17) is 10.7 Å². The minimum absolute atomic E-state index is 0.566. The van der Waals surface area contributed by atoms with Crippen molar-refractivity contribution in [2.75, 3.05) is 0 Å². The van der Waals surface area contributed by atoms with Crippen molar-refractivity contribution < 1.29 is 8.42 Å². The SMILES string of the molecule is O=S(=O)(Cl)n1cc(Br)cn1. The number of halogens is 2. The molecule has 0 aliphatic heterocycles. The highest BCUT2D eigenvalue weighted by Gasteiger charge is 2.07. The van der Waals surface area contributed by atoms with Crippen LogP contribution in [0.5, 0.6) is 0 Å². The Morgan fingerprint density at radius 2 is 2.30 bits per heavy atom. The van der Waals surface area contributed by atoms with Gasteiger partial charge in [0.05, 0.1) is 16.9 Å². The third-order valence-electron chi connectivity index (χ3n) is 0.752. The molecule has 0 spiro atoms. The van der Waals surface area contributed by atoms with Crippen molar-refractivity contribution in [2.45, 2.75) is 0 Å². The van der Waals surface area contributed by atoms with Gasteiger partial charge in [0, 0.05) is 10.7 Å². The van der Waals surface area contributed by atoms with Crippen molar-refractivity contribution in [2.24, 2.45) is 0 Å². The molecule has 0 aliphatic rings. The van der Waals surface area contributed by atoms with E-state index in [-0.39, 0.29) is 0 Å². The average Bonchev–Trinajstić information content (AvgIpc) is 2.11. The topological polar surface area (TPSA) is 52.0 Å². The minimum Gasteiger partial charge on any atom is -0.187 e. The molecule has 0 saturated heterocycles. The summed E-state index contributed by atoms with van der Waals surface area (Å²) < 4.78 is 22.2. The molecule has 1 heterocycles. The molecule has 1 aromatic heterocycles. The zero-order chi connectivity index (χ0) is 7.78. The third-order valence-corrected chi connectivity index (χ3v) is 2.23. The van der Waals surface area contributed by atoms with E-state index < -0.39 is 9.24 Å². The average molecular weight is 245 g/mol. The van der Waals surface area contributed by atoms with Gasteiger partial charge in [0.15, 0.2) is 0 Å². The fourth-order valence-corrected chi connectivity index (χ4v) is 1.45. The molecule has 4 nitrogen and oxygen atoms in total. The van der Waals surface area contributed by atoms with Crippen LogP contribution in [0.15, 0.2) is 16.9 Å². The van der Waals surface area contributed by atoms with Crippen molar-refractivity contribution in [1.29, 1.82) is 0 Å². The summed E-state index contributed by atoms with van der Waals surface area (Å²) in [5.74, 6) is 0. The number of nitrogens with zero attached hydrogens (tertiary/aromatic N) is 2. The van der Waals surface area contributed by atoms with Crippen LogP contribution in [0.2, 0.25) is 0 Å². The molecule has 1 aromatic rings. The van der Waals surface area contributed by atoms with Crippen LogP contribution in [0.25, 0.3) is 0 Å². The van der Waals surface area contributed by atoms with E-state index in [1.807, 2.05) is 0 Å². The molecule has 0 aromatic carbocycles. The molecule has 0 fully saturated rings. The largest absolute Gasteiger partial charge is 0.340 e. The predicted molar refractivity (Wildman–Crippen MR) is 40.1 cm³/mol.